The molecule has 0 bridgehead atoms. The lowest BCUT2D eigenvalue weighted by molar-refractivity contribution is 0.147. The fraction of sp³-hybridized carbons (Fsp3) is 0.632. The number of likely N-dealkylation sites (tertiary alicyclic amines) is 1. The first-order valence-corrected chi connectivity index (χ1v) is 8.73. The molecule has 1 aromatic rings. The Hall–Kier alpha value is -1.75. The number of nitrogens with one attached hydrogen (secondary N) is 1. The van der Waals surface area contributed by atoms with E-state index in [4.69, 9.17) is 4.74 Å². The first kappa shape index (κ1) is 18.6. The van der Waals surface area contributed by atoms with Gasteiger partial charge in [0.1, 0.15) is 5.75 Å². The van der Waals surface area contributed by atoms with Crippen molar-refractivity contribution in [3.63, 3.8) is 0 Å². The topological polar surface area (TPSA) is 61.8 Å². The van der Waals surface area contributed by atoms with E-state index in [2.05, 4.69) is 11.4 Å². The van der Waals surface area contributed by atoms with E-state index in [0.717, 1.165) is 38.1 Å². The van der Waals surface area contributed by atoms with E-state index >= 15 is 0 Å². The van der Waals surface area contributed by atoms with Gasteiger partial charge in [0.15, 0.2) is 0 Å². The first-order chi connectivity index (χ1) is 11.5. The van der Waals surface area contributed by atoms with Crippen molar-refractivity contribution in [1.29, 1.82) is 0 Å². The summed E-state index contributed by atoms with van der Waals surface area (Å²) < 4.78 is 5.44. The molecule has 0 aromatic heterocycles. The molecule has 0 spiro atoms. The Balaban J connectivity index is 1.79. The Labute approximate surface area is 145 Å². The molecule has 5 heteroatoms. The maximum absolute atomic E-state index is 12.3. The van der Waals surface area contributed by atoms with Crippen LogP contribution < -0.4 is 10.1 Å². The second kappa shape index (κ2) is 8.38. The SMILES string of the molecule is COc1ccccc1C1CCN(C(=O)NCCCC(C)(C)CO)C1. The van der Waals surface area contributed by atoms with Crippen LogP contribution in [-0.4, -0.2) is 49.4 Å². The van der Waals surface area contributed by atoms with Crippen LogP contribution in [0.3, 0.4) is 0 Å². The van der Waals surface area contributed by atoms with Crippen LogP contribution in [0.25, 0.3) is 0 Å². The summed E-state index contributed by atoms with van der Waals surface area (Å²) in [5.74, 6) is 1.23. The molecule has 24 heavy (non-hydrogen) atoms. The Bertz CT molecular complexity index is 545. The Kier molecular flexibility index (Phi) is 6.49. The highest BCUT2D eigenvalue weighted by Crippen LogP contribution is 2.33. The quantitative estimate of drug-likeness (QED) is 0.754. The van der Waals surface area contributed by atoms with E-state index in [1.54, 1.807) is 7.11 Å². The molecule has 134 valence electrons. The minimum absolute atomic E-state index is 0.00852. The van der Waals surface area contributed by atoms with Gasteiger partial charge in [0.05, 0.1) is 7.11 Å². The van der Waals surface area contributed by atoms with E-state index in [-0.39, 0.29) is 18.1 Å². The molecular formula is C19H30N2O3. The first-order valence-electron chi connectivity index (χ1n) is 8.73. The Morgan fingerprint density at radius 2 is 2.17 bits per heavy atom. The number of amides is 2. The maximum Gasteiger partial charge on any atom is 0.317 e. The second-order valence-corrected chi connectivity index (χ2v) is 7.33. The summed E-state index contributed by atoms with van der Waals surface area (Å²) in [7, 11) is 1.69. The summed E-state index contributed by atoms with van der Waals surface area (Å²) in [5, 5.41) is 12.2. The third kappa shape index (κ3) is 4.87. The van der Waals surface area contributed by atoms with Crippen LogP contribution in [0.1, 0.15) is 44.6 Å². The zero-order valence-corrected chi connectivity index (χ0v) is 15.0. The average Bonchev–Trinajstić information content (AvgIpc) is 3.08. The standard InChI is InChI=1S/C19H30N2O3/c1-19(2,14-22)10-6-11-20-18(23)21-12-9-15(13-21)16-7-4-5-8-17(16)24-3/h4-5,7-8,15,22H,6,9-14H2,1-3H3,(H,20,23). The molecule has 1 aromatic carbocycles. The maximum atomic E-state index is 12.3. The normalized spacial score (nSPS) is 17.8. The Morgan fingerprint density at radius 1 is 1.42 bits per heavy atom. The number of para-hydroxylation sites is 1. The van der Waals surface area contributed by atoms with Crippen molar-refractivity contribution in [3.8, 4) is 5.75 Å². The van der Waals surface area contributed by atoms with Crippen LogP contribution in [0.2, 0.25) is 0 Å². The van der Waals surface area contributed by atoms with Crippen LogP contribution in [-0.2, 0) is 0 Å². The minimum Gasteiger partial charge on any atom is -0.496 e. The van der Waals surface area contributed by atoms with Crippen LogP contribution in [0.5, 0.6) is 5.75 Å². The smallest absolute Gasteiger partial charge is 0.317 e. The van der Waals surface area contributed by atoms with Gasteiger partial charge in [-0.25, -0.2) is 4.79 Å². The predicted molar refractivity (Wildman–Crippen MR) is 95.4 cm³/mol. The number of methoxy groups -OCH3 is 1. The number of aliphatic hydroxyl groups is 1. The predicted octanol–water partition coefficient (Wildman–Crippen LogP) is 2.99. The lowest BCUT2D eigenvalue weighted by atomic mass is 9.89. The van der Waals surface area contributed by atoms with Crippen molar-refractivity contribution >= 4 is 6.03 Å². The molecule has 1 fully saturated rings. The minimum atomic E-state index is -0.0761. The number of carbonyl (C=O) groups is 1. The molecule has 1 aliphatic rings. The third-order valence-electron chi connectivity index (χ3n) is 4.79. The van der Waals surface area contributed by atoms with E-state index in [1.165, 1.54) is 5.56 Å². The highest BCUT2D eigenvalue weighted by atomic mass is 16.5. The number of urea groups is 1. The van der Waals surface area contributed by atoms with Crippen LogP contribution in [0.15, 0.2) is 24.3 Å². The lowest BCUT2D eigenvalue weighted by Gasteiger charge is -2.22. The number of aliphatic hydroxyl groups excluding tert-OH is 1. The van der Waals surface area contributed by atoms with Gasteiger partial charge in [-0.15, -0.1) is 0 Å². The van der Waals surface area contributed by atoms with Crippen molar-refractivity contribution in [3.05, 3.63) is 29.8 Å². The molecule has 5 nitrogen and oxygen atoms in total. The molecule has 1 unspecified atom stereocenters. The summed E-state index contributed by atoms with van der Waals surface area (Å²) >= 11 is 0. The molecule has 0 aliphatic carbocycles. The summed E-state index contributed by atoms with van der Waals surface area (Å²) in [5.41, 5.74) is 1.10. The summed E-state index contributed by atoms with van der Waals surface area (Å²) in [6.07, 6.45) is 2.74. The van der Waals surface area contributed by atoms with Crippen molar-refractivity contribution in [2.24, 2.45) is 5.41 Å². The zero-order valence-electron chi connectivity index (χ0n) is 15.0. The largest absolute Gasteiger partial charge is 0.496 e. The van der Waals surface area contributed by atoms with Crippen molar-refractivity contribution in [2.45, 2.75) is 39.0 Å². The van der Waals surface area contributed by atoms with E-state index in [1.807, 2.05) is 36.9 Å². The average molecular weight is 334 g/mol. The number of rotatable bonds is 7. The molecule has 0 saturated carbocycles. The molecule has 1 heterocycles. The van der Waals surface area contributed by atoms with Crippen molar-refractivity contribution < 1.29 is 14.6 Å². The van der Waals surface area contributed by atoms with Gasteiger partial charge in [0, 0.05) is 32.2 Å². The second-order valence-electron chi connectivity index (χ2n) is 7.33. The molecular weight excluding hydrogens is 304 g/mol. The van der Waals surface area contributed by atoms with E-state index < -0.39 is 0 Å². The van der Waals surface area contributed by atoms with E-state index in [0.29, 0.717) is 12.5 Å². The molecule has 0 radical (unpaired) electrons. The zero-order chi connectivity index (χ0) is 17.6. The van der Waals surface area contributed by atoms with Gasteiger partial charge in [-0.1, -0.05) is 32.0 Å². The number of carbonyl (C=O) groups excluding carboxylic acids is 1. The van der Waals surface area contributed by atoms with Crippen LogP contribution in [0, 0.1) is 5.41 Å². The number of hydrogen-bond donors (Lipinski definition) is 2. The lowest BCUT2D eigenvalue weighted by Crippen LogP contribution is -2.39. The number of nitrogens with zero attached hydrogens (tertiary/aromatic N) is 1. The Morgan fingerprint density at radius 3 is 2.88 bits per heavy atom. The number of benzene rings is 1. The van der Waals surface area contributed by atoms with Gasteiger partial charge in [0.25, 0.3) is 0 Å². The fourth-order valence-corrected chi connectivity index (χ4v) is 3.16. The van der Waals surface area contributed by atoms with Crippen molar-refractivity contribution in [1.82, 2.24) is 10.2 Å². The van der Waals surface area contributed by atoms with Gasteiger partial charge in [-0.3, -0.25) is 0 Å². The highest BCUT2D eigenvalue weighted by Gasteiger charge is 2.28. The molecule has 1 aliphatic heterocycles. The van der Waals surface area contributed by atoms with Gasteiger partial charge >= 0.3 is 6.03 Å². The summed E-state index contributed by atoms with van der Waals surface area (Å²) in [6, 6.07) is 8.05. The van der Waals surface area contributed by atoms with Gasteiger partial charge < -0.3 is 20.1 Å². The molecule has 2 amide bonds. The van der Waals surface area contributed by atoms with E-state index in [9.17, 15) is 9.90 Å². The van der Waals surface area contributed by atoms with Gasteiger partial charge in [0.2, 0.25) is 0 Å². The molecule has 2 rings (SSSR count). The van der Waals surface area contributed by atoms with Crippen molar-refractivity contribution in [2.75, 3.05) is 33.4 Å². The molecule has 1 atom stereocenters. The van der Waals surface area contributed by atoms with Gasteiger partial charge in [-0.2, -0.15) is 0 Å². The summed E-state index contributed by atoms with van der Waals surface area (Å²) in [6.45, 7) is 6.40. The monoisotopic (exact) mass is 334 g/mol. The van der Waals surface area contributed by atoms with Crippen LogP contribution in [0.4, 0.5) is 4.79 Å². The number of ether oxygens (including phenoxy) is 1. The van der Waals surface area contributed by atoms with Crippen LogP contribution >= 0.6 is 0 Å². The highest BCUT2D eigenvalue weighted by molar-refractivity contribution is 5.74. The molecule has 1 saturated heterocycles. The third-order valence-corrected chi connectivity index (χ3v) is 4.79. The summed E-state index contributed by atoms with van der Waals surface area (Å²) in [4.78, 5) is 14.2. The number of hydrogen-bond acceptors (Lipinski definition) is 3. The van der Waals surface area contributed by atoms with Gasteiger partial charge in [-0.05, 0) is 36.3 Å². The fourth-order valence-electron chi connectivity index (χ4n) is 3.16. The molecule has 2 N–H and O–H groups in total.